The van der Waals surface area contributed by atoms with Gasteiger partial charge in [0.1, 0.15) is 0 Å². The Morgan fingerprint density at radius 2 is 2.00 bits per heavy atom. The van der Waals surface area contributed by atoms with Crippen LogP contribution in [-0.2, 0) is 27.0 Å². The number of rotatable bonds is 5. The smallest absolute Gasteiger partial charge is 0.345 e. The highest BCUT2D eigenvalue weighted by Gasteiger charge is 2.36. The molecular weight excluding hydrogens is 345 g/mol. The molecule has 5 nitrogen and oxygen atoms in total. The van der Waals surface area contributed by atoms with E-state index in [1.165, 1.54) is 12.1 Å². The molecule has 0 atom stereocenters. The highest BCUT2D eigenvalue weighted by Crippen LogP contribution is 2.38. The molecule has 0 spiro atoms. The lowest BCUT2D eigenvalue weighted by atomic mass is 10.0. The molecule has 0 saturated carbocycles. The number of aromatic nitrogens is 1. The van der Waals surface area contributed by atoms with Gasteiger partial charge in [0.2, 0.25) is 0 Å². The minimum atomic E-state index is -4.64. The number of aryl methyl sites for hydroxylation is 2. The molecule has 0 N–H and O–H groups in total. The minimum absolute atomic E-state index is 0.0388. The molecule has 0 bridgehead atoms. The molecule has 1 aromatic carbocycles. The van der Waals surface area contributed by atoms with E-state index in [0.717, 1.165) is 12.3 Å². The maximum atomic E-state index is 13.3. The zero-order chi connectivity index (χ0) is 18.1. The van der Waals surface area contributed by atoms with Crippen molar-refractivity contribution in [3.8, 4) is 6.07 Å². The molecule has 0 aliphatic rings. The predicted molar refractivity (Wildman–Crippen MR) is 81.8 cm³/mol. The van der Waals surface area contributed by atoms with Gasteiger partial charge in [-0.1, -0.05) is 0 Å². The number of hydrogen-bond acceptors (Lipinski definition) is 4. The zero-order valence-electron chi connectivity index (χ0n) is 13.0. The molecule has 2 rings (SSSR count). The Bertz CT molecular complexity index is 909. The first-order valence-electron chi connectivity index (χ1n) is 6.99. The molecule has 0 unspecified atom stereocenters. The maximum Gasteiger partial charge on any atom is 0.418 e. The van der Waals surface area contributed by atoms with E-state index >= 15 is 0 Å². The summed E-state index contributed by atoms with van der Waals surface area (Å²) in [4.78, 5) is 0. The third kappa shape index (κ3) is 3.88. The summed E-state index contributed by atoms with van der Waals surface area (Å²) in [7, 11) is -3.55. The van der Waals surface area contributed by atoms with Crippen molar-refractivity contribution in [1.82, 2.24) is 4.57 Å². The van der Waals surface area contributed by atoms with Crippen molar-refractivity contribution in [3.63, 3.8) is 0 Å². The van der Waals surface area contributed by atoms with Gasteiger partial charge in [-0.25, -0.2) is 0 Å². The highest BCUT2D eigenvalue weighted by molar-refractivity contribution is 7.85. The molecule has 0 radical (unpaired) electrons. The van der Waals surface area contributed by atoms with Crippen LogP contribution in [0.3, 0.4) is 0 Å². The van der Waals surface area contributed by atoms with Crippen LogP contribution in [0.2, 0.25) is 0 Å². The van der Waals surface area contributed by atoms with Crippen LogP contribution >= 0.6 is 0 Å². The van der Waals surface area contributed by atoms with Gasteiger partial charge in [-0.3, -0.25) is 4.18 Å². The Kier molecular flexibility index (Phi) is 4.92. The molecule has 0 aliphatic carbocycles. The number of hydrogen-bond donors (Lipinski definition) is 0. The summed E-state index contributed by atoms with van der Waals surface area (Å²) in [5.41, 5.74) is -0.438. The molecule has 24 heavy (non-hydrogen) atoms. The van der Waals surface area contributed by atoms with Gasteiger partial charge in [0.05, 0.1) is 30.1 Å². The van der Waals surface area contributed by atoms with Crippen molar-refractivity contribution in [2.75, 3.05) is 12.9 Å². The first-order chi connectivity index (χ1) is 11.0. The monoisotopic (exact) mass is 360 g/mol. The molecule has 0 fully saturated rings. The quantitative estimate of drug-likeness (QED) is 0.606. The molecule has 0 aliphatic heterocycles. The molecule has 0 saturated heterocycles. The van der Waals surface area contributed by atoms with E-state index in [1.807, 2.05) is 0 Å². The van der Waals surface area contributed by atoms with Crippen LogP contribution in [-0.4, -0.2) is 25.8 Å². The second kappa shape index (κ2) is 6.45. The van der Waals surface area contributed by atoms with Crippen LogP contribution in [0.25, 0.3) is 10.9 Å². The van der Waals surface area contributed by atoms with Crippen LogP contribution in [0.4, 0.5) is 13.2 Å². The Hall–Kier alpha value is -2.05. The average molecular weight is 360 g/mol. The van der Waals surface area contributed by atoms with Crippen molar-refractivity contribution >= 4 is 21.0 Å². The number of fused-ring (bicyclic) bond motifs is 1. The number of halogens is 3. The SMILES string of the molecule is Cc1cc2c(C(F)(F)F)c(C#N)ccc2n1CCCOS(C)(=O)=O. The average Bonchev–Trinajstić information content (AvgIpc) is 2.75. The van der Waals surface area contributed by atoms with E-state index in [2.05, 4.69) is 4.18 Å². The van der Waals surface area contributed by atoms with Gasteiger partial charge in [0.25, 0.3) is 10.1 Å². The third-order valence-corrected chi connectivity index (χ3v) is 4.11. The lowest BCUT2D eigenvalue weighted by Gasteiger charge is -2.12. The van der Waals surface area contributed by atoms with E-state index < -0.39 is 27.4 Å². The van der Waals surface area contributed by atoms with Crippen molar-refractivity contribution in [3.05, 3.63) is 35.0 Å². The minimum Gasteiger partial charge on any atom is -0.345 e. The predicted octanol–water partition coefficient (Wildman–Crippen LogP) is 3.21. The van der Waals surface area contributed by atoms with E-state index in [4.69, 9.17) is 5.26 Å². The number of nitrogens with zero attached hydrogens (tertiary/aromatic N) is 2. The largest absolute Gasteiger partial charge is 0.418 e. The number of nitriles is 1. The number of benzene rings is 1. The molecule has 130 valence electrons. The topological polar surface area (TPSA) is 72.1 Å². The highest BCUT2D eigenvalue weighted by atomic mass is 32.2. The lowest BCUT2D eigenvalue weighted by molar-refractivity contribution is -0.136. The van der Waals surface area contributed by atoms with Gasteiger partial charge in [-0.2, -0.15) is 26.9 Å². The second-order valence-corrected chi connectivity index (χ2v) is 6.99. The van der Waals surface area contributed by atoms with Gasteiger partial charge in [0.15, 0.2) is 0 Å². The molecule has 1 heterocycles. The summed E-state index contributed by atoms with van der Waals surface area (Å²) in [5, 5.41) is 8.90. The van der Waals surface area contributed by atoms with Crippen LogP contribution in [0.1, 0.15) is 23.2 Å². The summed E-state index contributed by atoms with van der Waals surface area (Å²) in [5.74, 6) is 0. The first kappa shape index (κ1) is 18.3. The van der Waals surface area contributed by atoms with Crippen molar-refractivity contribution < 1.29 is 25.8 Å². The third-order valence-electron chi connectivity index (χ3n) is 3.52. The van der Waals surface area contributed by atoms with Crippen LogP contribution in [0, 0.1) is 18.3 Å². The van der Waals surface area contributed by atoms with Crippen molar-refractivity contribution in [2.24, 2.45) is 0 Å². The van der Waals surface area contributed by atoms with Crippen LogP contribution in [0.15, 0.2) is 18.2 Å². The standard InChI is InChI=1S/C15H15F3N2O3S/c1-10-8-12-13(20(10)6-3-7-23-24(2,21)22)5-4-11(9-19)14(12)15(16,17)18/h4-5,8H,3,6-7H2,1-2H3. The molecule has 9 heteroatoms. The van der Waals surface area contributed by atoms with Crippen LogP contribution in [0.5, 0.6) is 0 Å². The fraction of sp³-hybridized carbons (Fsp3) is 0.400. The Labute approximate surface area is 137 Å². The second-order valence-electron chi connectivity index (χ2n) is 5.35. The summed E-state index contributed by atoms with van der Waals surface area (Å²) < 4.78 is 68.0. The van der Waals surface area contributed by atoms with Gasteiger partial charge < -0.3 is 4.57 Å². The molecule has 0 amide bonds. The molecule has 2 aromatic rings. The Morgan fingerprint density at radius 3 is 2.54 bits per heavy atom. The summed E-state index contributed by atoms with van der Waals surface area (Å²) in [6.07, 6.45) is -3.38. The van der Waals surface area contributed by atoms with Gasteiger partial charge in [-0.05, 0) is 31.5 Å². The molecular formula is C15H15F3N2O3S. The summed E-state index contributed by atoms with van der Waals surface area (Å²) in [6, 6.07) is 5.57. The summed E-state index contributed by atoms with van der Waals surface area (Å²) >= 11 is 0. The Balaban J connectivity index is 2.40. The van der Waals surface area contributed by atoms with Gasteiger partial charge >= 0.3 is 6.18 Å². The zero-order valence-corrected chi connectivity index (χ0v) is 13.8. The first-order valence-corrected chi connectivity index (χ1v) is 8.81. The van der Waals surface area contributed by atoms with Crippen molar-refractivity contribution in [1.29, 1.82) is 5.26 Å². The van der Waals surface area contributed by atoms with Crippen LogP contribution < -0.4 is 0 Å². The van der Waals surface area contributed by atoms with Crippen molar-refractivity contribution in [2.45, 2.75) is 26.1 Å². The van der Waals surface area contributed by atoms with E-state index in [1.54, 1.807) is 17.6 Å². The van der Waals surface area contributed by atoms with E-state index in [0.29, 0.717) is 24.2 Å². The fourth-order valence-corrected chi connectivity index (χ4v) is 3.02. The lowest BCUT2D eigenvalue weighted by Crippen LogP contribution is -2.10. The van der Waals surface area contributed by atoms with E-state index in [-0.39, 0.29) is 12.0 Å². The van der Waals surface area contributed by atoms with Gasteiger partial charge in [-0.15, -0.1) is 0 Å². The number of alkyl halides is 3. The maximum absolute atomic E-state index is 13.3. The Morgan fingerprint density at radius 1 is 1.33 bits per heavy atom. The fourth-order valence-electron chi connectivity index (χ4n) is 2.60. The van der Waals surface area contributed by atoms with E-state index in [9.17, 15) is 21.6 Å². The molecule has 1 aromatic heterocycles. The normalized spacial score (nSPS) is 12.5. The van der Waals surface area contributed by atoms with Gasteiger partial charge in [0, 0.05) is 23.1 Å². The summed E-state index contributed by atoms with van der Waals surface area (Å²) in [6.45, 7) is 1.90.